The van der Waals surface area contributed by atoms with Crippen LogP contribution in [0.5, 0.6) is 5.75 Å². The molecule has 0 aromatic heterocycles. The summed E-state index contributed by atoms with van der Waals surface area (Å²) in [6, 6.07) is 12.0. The van der Waals surface area contributed by atoms with E-state index >= 15 is 0 Å². The van der Waals surface area contributed by atoms with E-state index in [1.807, 2.05) is 6.92 Å². The number of hydrogen-bond donors (Lipinski definition) is 1. The molecule has 35 heavy (non-hydrogen) atoms. The van der Waals surface area contributed by atoms with Gasteiger partial charge in [0.1, 0.15) is 5.75 Å². The van der Waals surface area contributed by atoms with E-state index in [2.05, 4.69) is 5.32 Å². The third kappa shape index (κ3) is 5.93. The van der Waals surface area contributed by atoms with Crippen LogP contribution >= 0.6 is 0 Å². The zero-order valence-corrected chi connectivity index (χ0v) is 19.5. The predicted molar refractivity (Wildman–Crippen MR) is 127 cm³/mol. The average molecular weight is 481 g/mol. The molecule has 0 aliphatic carbocycles. The minimum Gasteiger partial charge on any atom is -0.494 e. The van der Waals surface area contributed by atoms with E-state index in [1.165, 1.54) is 24.3 Å². The number of Topliss-reactive ketones (excluding diaryl/α,β-unsaturated/α-hetero) is 1. The molecule has 2 fully saturated rings. The minimum absolute atomic E-state index is 0.0681. The van der Waals surface area contributed by atoms with Crippen molar-refractivity contribution in [3.8, 4) is 5.75 Å². The summed E-state index contributed by atoms with van der Waals surface area (Å²) in [5.41, 5.74) is 0.995. The minimum atomic E-state index is -0.675. The van der Waals surface area contributed by atoms with E-state index in [0.29, 0.717) is 30.2 Å². The number of anilines is 1. The van der Waals surface area contributed by atoms with E-state index in [0.717, 1.165) is 24.3 Å². The van der Waals surface area contributed by atoms with Gasteiger partial charge < -0.3 is 19.5 Å². The van der Waals surface area contributed by atoms with Crippen molar-refractivity contribution in [1.82, 2.24) is 5.32 Å². The highest BCUT2D eigenvalue weighted by Gasteiger charge is 2.39. The summed E-state index contributed by atoms with van der Waals surface area (Å²) in [6.07, 6.45) is 2.08. The zero-order valence-electron chi connectivity index (χ0n) is 19.5. The Morgan fingerprint density at radius 3 is 2.43 bits per heavy atom. The van der Waals surface area contributed by atoms with Crippen LogP contribution in [0.15, 0.2) is 48.5 Å². The van der Waals surface area contributed by atoms with Gasteiger partial charge in [-0.3, -0.25) is 14.4 Å². The summed E-state index contributed by atoms with van der Waals surface area (Å²) in [5.74, 6) is -1.000. The first-order valence-electron chi connectivity index (χ1n) is 11.7. The molecule has 4 rings (SSSR count). The van der Waals surface area contributed by atoms with Crippen LogP contribution in [-0.2, 0) is 19.1 Å². The van der Waals surface area contributed by atoms with Gasteiger partial charge in [0.25, 0.3) is 5.91 Å². The topological polar surface area (TPSA) is 111 Å². The number of nitrogens with one attached hydrogen (secondary N) is 1. The first-order chi connectivity index (χ1) is 17.0. The quantitative estimate of drug-likeness (QED) is 0.314. The van der Waals surface area contributed by atoms with Crippen molar-refractivity contribution >= 4 is 29.3 Å². The summed E-state index contributed by atoms with van der Waals surface area (Å²) in [6.45, 7) is 3.23. The van der Waals surface area contributed by atoms with Crippen molar-refractivity contribution in [3.05, 3.63) is 59.7 Å². The fraction of sp³-hybridized carbons (Fsp3) is 0.385. The molecule has 184 valence electrons. The molecule has 1 N–H and O–H groups in total. The third-order valence-electron chi connectivity index (χ3n) is 5.95. The lowest BCUT2D eigenvalue weighted by molar-refractivity contribution is -0.121. The number of carbonyl (C=O) groups excluding carboxylic acids is 4. The van der Waals surface area contributed by atoms with Gasteiger partial charge in [0.05, 0.1) is 36.4 Å². The standard InChI is InChI=1S/C26H28N2O7/c1-2-33-20-11-7-17(8-12-20)23(29)16-35-26(32)18-5-9-19(10-6-18)28-24(30)14-22(25(28)31)27-15-21-4-3-13-34-21/h5-12,21-22,27H,2-4,13-16H2,1H3. The number of esters is 1. The Hall–Kier alpha value is -3.56. The Kier molecular flexibility index (Phi) is 7.89. The second-order valence-electron chi connectivity index (χ2n) is 8.37. The second-order valence-corrected chi connectivity index (χ2v) is 8.37. The van der Waals surface area contributed by atoms with Crippen molar-refractivity contribution in [2.45, 2.75) is 38.3 Å². The fourth-order valence-electron chi connectivity index (χ4n) is 4.09. The molecule has 2 saturated heterocycles. The molecule has 2 unspecified atom stereocenters. The average Bonchev–Trinajstić information content (AvgIpc) is 3.49. The molecule has 9 nitrogen and oxygen atoms in total. The molecule has 0 saturated carbocycles. The Balaban J connectivity index is 1.30. The monoisotopic (exact) mass is 480 g/mol. The van der Waals surface area contributed by atoms with Crippen molar-refractivity contribution in [1.29, 1.82) is 0 Å². The highest BCUT2D eigenvalue weighted by atomic mass is 16.5. The van der Waals surface area contributed by atoms with Gasteiger partial charge in [-0.05, 0) is 68.3 Å². The Labute approximate surface area is 203 Å². The Bertz CT molecular complexity index is 1080. The van der Waals surface area contributed by atoms with Crippen LogP contribution < -0.4 is 15.0 Å². The number of hydrogen-bond acceptors (Lipinski definition) is 8. The van der Waals surface area contributed by atoms with E-state index < -0.39 is 18.6 Å². The highest BCUT2D eigenvalue weighted by Crippen LogP contribution is 2.24. The first kappa shape index (κ1) is 24.6. The van der Waals surface area contributed by atoms with Crippen LogP contribution in [0, 0.1) is 0 Å². The lowest BCUT2D eigenvalue weighted by atomic mass is 10.1. The summed E-state index contributed by atoms with van der Waals surface area (Å²) >= 11 is 0. The van der Waals surface area contributed by atoms with Gasteiger partial charge in [0, 0.05) is 18.7 Å². The van der Waals surface area contributed by atoms with Crippen molar-refractivity contribution in [2.75, 3.05) is 31.3 Å². The number of ether oxygens (including phenoxy) is 3. The van der Waals surface area contributed by atoms with Crippen LogP contribution in [0.4, 0.5) is 5.69 Å². The molecule has 0 bridgehead atoms. The largest absolute Gasteiger partial charge is 0.494 e. The van der Waals surface area contributed by atoms with E-state index in [1.54, 1.807) is 24.3 Å². The van der Waals surface area contributed by atoms with Crippen molar-refractivity contribution in [2.24, 2.45) is 0 Å². The molecule has 9 heteroatoms. The van der Waals surface area contributed by atoms with Gasteiger partial charge >= 0.3 is 5.97 Å². The number of amides is 2. The molecule has 0 spiro atoms. The van der Waals surface area contributed by atoms with Gasteiger partial charge in [-0.25, -0.2) is 9.69 Å². The summed E-state index contributed by atoms with van der Waals surface area (Å²) < 4.78 is 16.0. The number of carbonyl (C=O) groups is 4. The molecule has 2 aromatic carbocycles. The summed E-state index contributed by atoms with van der Waals surface area (Å²) in [7, 11) is 0. The van der Waals surface area contributed by atoms with Crippen molar-refractivity contribution < 1.29 is 33.4 Å². The van der Waals surface area contributed by atoms with Gasteiger partial charge in [-0.2, -0.15) is 0 Å². The zero-order chi connectivity index (χ0) is 24.8. The molecule has 2 aliphatic heterocycles. The Morgan fingerprint density at radius 1 is 1.06 bits per heavy atom. The molecular formula is C26H28N2O7. The number of ketones is 1. The normalized spacial score (nSPS) is 19.7. The fourth-order valence-corrected chi connectivity index (χ4v) is 4.09. The maximum atomic E-state index is 12.8. The predicted octanol–water partition coefficient (Wildman–Crippen LogP) is 2.53. The van der Waals surface area contributed by atoms with E-state index in [9.17, 15) is 19.2 Å². The maximum absolute atomic E-state index is 12.8. The number of imide groups is 1. The lowest BCUT2D eigenvalue weighted by Gasteiger charge is -2.17. The number of nitrogens with zero attached hydrogens (tertiary/aromatic N) is 1. The van der Waals surface area contributed by atoms with E-state index in [-0.39, 0.29) is 35.7 Å². The molecular weight excluding hydrogens is 452 g/mol. The van der Waals surface area contributed by atoms with Gasteiger partial charge in [-0.15, -0.1) is 0 Å². The smallest absolute Gasteiger partial charge is 0.338 e. The molecule has 2 aliphatic rings. The third-order valence-corrected chi connectivity index (χ3v) is 5.95. The van der Waals surface area contributed by atoms with Crippen LogP contribution in [0.2, 0.25) is 0 Å². The second kappa shape index (κ2) is 11.2. The Morgan fingerprint density at radius 2 is 1.77 bits per heavy atom. The molecule has 0 radical (unpaired) electrons. The molecule has 2 aromatic rings. The summed E-state index contributed by atoms with van der Waals surface area (Å²) in [5, 5.41) is 3.13. The summed E-state index contributed by atoms with van der Waals surface area (Å²) in [4.78, 5) is 51.1. The van der Waals surface area contributed by atoms with Crippen LogP contribution in [0.25, 0.3) is 0 Å². The SMILES string of the molecule is CCOc1ccc(C(=O)COC(=O)c2ccc(N3C(=O)CC(NCC4CCCO4)C3=O)cc2)cc1. The maximum Gasteiger partial charge on any atom is 0.338 e. The van der Waals surface area contributed by atoms with Gasteiger partial charge in [-0.1, -0.05) is 0 Å². The van der Waals surface area contributed by atoms with Crippen LogP contribution in [0.1, 0.15) is 46.9 Å². The van der Waals surface area contributed by atoms with Crippen molar-refractivity contribution in [3.63, 3.8) is 0 Å². The van der Waals surface area contributed by atoms with Gasteiger partial charge in [0.15, 0.2) is 12.4 Å². The van der Waals surface area contributed by atoms with Gasteiger partial charge in [0.2, 0.25) is 5.91 Å². The van der Waals surface area contributed by atoms with Crippen LogP contribution in [0.3, 0.4) is 0 Å². The van der Waals surface area contributed by atoms with Crippen LogP contribution in [-0.4, -0.2) is 62.1 Å². The molecule has 2 amide bonds. The first-order valence-corrected chi connectivity index (χ1v) is 11.7. The van der Waals surface area contributed by atoms with E-state index in [4.69, 9.17) is 14.2 Å². The number of rotatable bonds is 10. The lowest BCUT2D eigenvalue weighted by Crippen LogP contribution is -2.41. The highest BCUT2D eigenvalue weighted by molar-refractivity contribution is 6.22. The number of benzene rings is 2. The molecule has 2 atom stereocenters. The molecule has 2 heterocycles.